The lowest BCUT2D eigenvalue weighted by molar-refractivity contribution is 0.0588. The summed E-state index contributed by atoms with van der Waals surface area (Å²) in [5.74, 6) is -0.372. The third-order valence-corrected chi connectivity index (χ3v) is 1.69. The lowest BCUT2D eigenvalue weighted by Crippen LogP contribution is -2.09. The zero-order valence-electron chi connectivity index (χ0n) is 7.36. The first-order chi connectivity index (χ1) is 6.29. The van der Waals surface area contributed by atoms with Crippen molar-refractivity contribution in [2.45, 2.75) is 13.0 Å². The van der Waals surface area contributed by atoms with Crippen LogP contribution < -0.4 is 0 Å². The van der Waals surface area contributed by atoms with Crippen molar-refractivity contribution in [1.29, 1.82) is 5.26 Å². The molecule has 0 aliphatic heterocycles. The van der Waals surface area contributed by atoms with E-state index in [9.17, 15) is 4.79 Å². The van der Waals surface area contributed by atoms with E-state index in [1.165, 1.54) is 7.11 Å². The summed E-state index contributed by atoms with van der Waals surface area (Å²) in [7, 11) is 1.34. The predicted molar refractivity (Wildman–Crippen MR) is 46.0 cm³/mol. The molecule has 1 aromatic heterocycles. The maximum Gasteiger partial charge on any atom is 0.354 e. The topological polar surface area (TPSA) is 55.0 Å². The van der Waals surface area contributed by atoms with E-state index in [-0.39, 0.29) is 5.97 Å². The van der Waals surface area contributed by atoms with Crippen molar-refractivity contribution in [1.82, 2.24) is 4.57 Å². The number of carbonyl (C=O) groups excluding carboxylic acids is 1. The molecule has 0 radical (unpaired) electrons. The smallest absolute Gasteiger partial charge is 0.354 e. The molecular weight excluding hydrogens is 168 g/mol. The number of nitriles is 1. The number of esters is 1. The zero-order chi connectivity index (χ0) is 9.68. The van der Waals surface area contributed by atoms with Gasteiger partial charge < -0.3 is 9.30 Å². The van der Waals surface area contributed by atoms with Gasteiger partial charge in [0.1, 0.15) is 5.69 Å². The van der Waals surface area contributed by atoms with Gasteiger partial charge in [-0.25, -0.2) is 4.79 Å². The Morgan fingerprint density at radius 2 is 2.54 bits per heavy atom. The molecule has 4 nitrogen and oxygen atoms in total. The van der Waals surface area contributed by atoms with Gasteiger partial charge in [-0.15, -0.1) is 0 Å². The standard InChI is InChI=1S/C9H10N2O2/c1-13-9(12)8-4-2-6-11(8)7-3-5-10/h2,4,6H,3,7H2,1H3. The summed E-state index contributed by atoms with van der Waals surface area (Å²) >= 11 is 0. The number of carbonyl (C=O) groups is 1. The number of ether oxygens (including phenoxy) is 1. The number of hydrogen-bond acceptors (Lipinski definition) is 3. The van der Waals surface area contributed by atoms with Crippen molar-refractivity contribution in [3.63, 3.8) is 0 Å². The fraction of sp³-hybridized carbons (Fsp3) is 0.333. The van der Waals surface area contributed by atoms with E-state index in [0.29, 0.717) is 18.7 Å². The van der Waals surface area contributed by atoms with Gasteiger partial charge in [0.05, 0.1) is 19.6 Å². The van der Waals surface area contributed by atoms with Gasteiger partial charge in [0.25, 0.3) is 0 Å². The second-order valence-corrected chi connectivity index (χ2v) is 2.49. The number of methoxy groups -OCH3 is 1. The molecule has 0 aliphatic carbocycles. The van der Waals surface area contributed by atoms with Gasteiger partial charge in [0, 0.05) is 12.7 Å². The third-order valence-electron chi connectivity index (χ3n) is 1.69. The monoisotopic (exact) mass is 178 g/mol. The molecule has 0 aliphatic rings. The van der Waals surface area contributed by atoms with Crippen molar-refractivity contribution in [2.24, 2.45) is 0 Å². The SMILES string of the molecule is COC(=O)c1cccn1CCC#N. The molecule has 1 rings (SSSR count). The summed E-state index contributed by atoms with van der Waals surface area (Å²) in [5.41, 5.74) is 0.484. The Balaban J connectivity index is 2.78. The Hall–Kier alpha value is -1.76. The Morgan fingerprint density at radius 1 is 1.77 bits per heavy atom. The summed E-state index contributed by atoms with van der Waals surface area (Å²) in [5, 5.41) is 8.37. The summed E-state index contributed by atoms with van der Waals surface area (Å²) in [4.78, 5) is 11.1. The Kier molecular flexibility index (Phi) is 3.09. The summed E-state index contributed by atoms with van der Waals surface area (Å²) in [6.07, 6.45) is 2.14. The molecule has 13 heavy (non-hydrogen) atoms. The van der Waals surface area contributed by atoms with Crippen molar-refractivity contribution < 1.29 is 9.53 Å². The highest BCUT2D eigenvalue weighted by Crippen LogP contribution is 2.04. The highest BCUT2D eigenvalue weighted by atomic mass is 16.5. The summed E-state index contributed by atoms with van der Waals surface area (Å²) in [6.45, 7) is 0.522. The fourth-order valence-electron chi connectivity index (χ4n) is 1.07. The van der Waals surface area contributed by atoms with Crippen LogP contribution in [-0.4, -0.2) is 17.6 Å². The molecule has 0 N–H and O–H groups in total. The van der Waals surface area contributed by atoms with Crippen LogP contribution in [0.25, 0.3) is 0 Å². The molecule has 0 fully saturated rings. The highest BCUT2D eigenvalue weighted by molar-refractivity contribution is 5.87. The normalized spacial score (nSPS) is 9.23. The van der Waals surface area contributed by atoms with Crippen LogP contribution in [0.5, 0.6) is 0 Å². The van der Waals surface area contributed by atoms with Crippen LogP contribution >= 0.6 is 0 Å². The van der Waals surface area contributed by atoms with Crippen LogP contribution in [-0.2, 0) is 11.3 Å². The van der Waals surface area contributed by atoms with E-state index in [2.05, 4.69) is 4.74 Å². The predicted octanol–water partition coefficient (Wildman–Crippen LogP) is 1.19. The molecule has 0 bridgehead atoms. The minimum atomic E-state index is -0.372. The number of rotatable bonds is 3. The lowest BCUT2D eigenvalue weighted by Gasteiger charge is -2.03. The first-order valence-corrected chi connectivity index (χ1v) is 3.90. The van der Waals surface area contributed by atoms with Crippen LogP contribution in [0.1, 0.15) is 16.9 Å². The van der Waals surface area contributed by atoms with Crippen LogP contribution in [0.15, 0.2) is 18.3 Å². The third kappa shape index (κ3) is 2.09. The van der Waals surface area contributed by atoms with E-state index in [1.54, 1.807) is 22.9 Å². The molecular formula is C9H10N2O2. The van der Waals surface area contributed by atoms with E-state index in [4.69, 9.17) is 5.26 Å². The first-order valence-electron chi connectivity index (χ1n) is 3.90. The number of hydrogen-bond donors (Lipinski definition) is 0. The van der Waals surface area contributed by atoms with E-state index in [1.807, 2.05) is 6.07 Å². The largest absolute Gasteiger partial charge is 0.464 e. The van der Waals surface area contributed by atoms with Gasteiger partial charge in [-0.2, -0.15) is 5.26 Å². The van der Waals surface area contributed by atoms with Crippen molar-refractivity contribution in [3.05, 3.63) is 24.0 Å². The number of aryl methyl sites for hydroxylation is 1. The zero-order valence-corrected chi connectivity index (χ0v) is 7.36. The Bertz CT molecular complexity index is 336. The van der Waals surface area contributed by atoms with Crippen molar-refractivity contribution in [3.8, 4) is 6.07 Å². The van der Waals surface area contributed by atoms with Gasteiger partial charge >= 0.3 is 5.97 Å². The van der Waals surface area contributed by atoms with E-state index >= 15 is 0 Å². The van der Waals surface area contributed by atoms with Crippen LogP contribution in [0.3, 0.4) is 0 Å². The average molecular weight is 178 g/mol. The average Bonchev–Trinajstić information content (AvgIpc) is 2.61. The molecule has 0 spiro atoms. The molecule has 0 aromatic carbocycles. The molecule has 4 heteroatoms. The summed E-state index contributed by atoms with van der Waals surface area (Å²) in [6, 6.07) is 5.44. The van der Waals surface area contributed by atoms with Gasteiger partial charge in [0.2, 0.25) is 0 Å². The number of aromatic nitrogens is 1. The molecule has 0 saturated carbocycles. The second-order valence-electron chi connectivity index (χ2n) is 2.49. The first kappa shape index (κ1) is 9.33. The molecule has 0 atom stereocenters. The summed E-state index contributed by atoms with van der Waals surface area (Å²) < 4.78 is 6.28. The molecule has 1 aromatic rings. The number of nitrogens with zero attached hydrogens (tertiary/aromatic N) is 2. The van der Waals surface area contributed by atoms with Crippen LogP contribution in [0.4, 0.5) is 0 Å². The Labute approximate surface area is 76.3 Å². The van der Waals surface area contributed by atoms with Gasteiger partial charge in [0.15, 0.2) is 0 Å². The second kappa shape index (κ2) is 4.31. The van der Waals surface area contributed by atoms with Crippen molar-refractivity contribution >= 4 is 5.97 Å². The van der Waals surface area contributed by atoms with Gasteiger partial charge in [-0.05, 0) is 12.1 Å². The van der Waals surface area contributed by atoms with E-state index in [0.717, 1.165) is 0 Å². The lowest BCUT2D eigenvalue weighted by atomic mass is 10.4. The molecule has 0 amide bonds. The molecule has 1 heterocycles. The maximum absolute atomic E-state index is 11.1. The highest BCUT2D eigenvalue weighted by Gasteiger charge is 2.09. The molecule has 68 valence electrons. The quantitative estimate of drug-likeness (QED) is 0.653. The van der Waals surface area contributed by atoms with Gasteiger partial charge in [-0.1, -0.05) is 0 Å². The minimum absolute atomic E-state index is 0.372. The molecule has 0 saturated heterocycles. The maximum atomic E-state index is 11.1. The van der Waals surface area contributed by atoms with Crippen LogP contribution in [0.2, 0.25) is 0 Å². The van der Waals surface area contributed by atoms with Crippen molar-refractivity contribution in [2.75, 3.05) is 7.11 Å². The fourth-order valence-corrected chi connectivity index (χ4v) is 1.07. The minimum Gasteiger partial charge on any atom is -0.464 e. The van der Waals surface area contributed by atoms with E-state index < -0.39 is 0 Å². The molecule has 0 unspecified atom stereocenters. The van der Waals surface area contributed by atoms with Crippen LogP contribution in [0, 0.1) is 11.3 Å². The Morgan fingerprint density at radius 3 is 3.15 bits per heavy atom. The van der Waals surface area contributed by atoms with Gasteiger partial charge in [-0.3, -0.25) is 0 Å².